The molecule has 0 spiro atoms. The number of carbonyl (C=O) groups excluding carboxylic acids is 2. The van der Waals surface area contributed by atoms with Crippen molar-refractivity contribution in [2.24, 2.45) is 0 Å². The lowest BCUT2D eigenvalue weighted by atomic mass is 10.0. The van der Waals surface area contributed by atoms with Crippen LogP contribution in [0.1, 0.15) is 52.4 Å². The Morgan fingerprint density at radius 2 is 2.00 bits per heavy atom. The number of Topliss-reactive ketones (excluding diaryl/α,β-unsaturated/α-hetero) is 2. The highest BCUT2D eigenvalue weighted by Crippen LogP contribution is 2.20. The van der Waals surface area contributed by atoms with Gasteiger partial charge >= 0.3 is 0 Å². The molecular weight excluding hydrogens is 254 g/mol. The molecule has 0 saturated heterocycles. The lowest BCUT2D eigenvalue weighted by Gasteiger charge is -2.22. The molecule has 1 unspecified atom stereocenters. The molecule has 5 nitrogen and oxygen atoms in total. The zero-order valence-electron chi connectivity index (χ0n) is 12.7. The van der Waals surface area contributed by atoms with Crippen LogP contribution in [0.4, 0.5) is 0 Å². The number of hydrogen-bond donors (Lipinski definition) is 1. The molecule has 0 aliphatic heterocycles. The third kappa shape index (κ3) is 3.14. The van der Waals surface area contributed by atoms with E-state index in [0.717, 1.165) is 5.69 Å². The summed E-state index contributed by atoms with van der Waals surface area (Å²) in [4.78, 5) is 28.9. The Kier molecular flexibility index (Phi) is 5.23. The van der Waals surface area contributed by atoms with Gasteiger partial charge in [-0.15, -0.1) is 0 Å². The average molecular weight is 275 g/mol. The largest absolute Gasteiger partial charge is 0.355 e. The van der Waals surface area contributed by atoms with Gasteiger partial charge < -0.3 is 4.98 Å². The number of aromatic amines is 1. The van der Waals surface area contributed by atoms with E-state index in [-0.39, 0.29) is 17.6 Å². The predicted molar refractivity (Wildman–Crippen MR) is 76.9 cm³/mol. The zero-order chi connectivity index (χ0) is 15.4. The van der Waals surface area contributed by atoms with Gasteiger partial charge in [-0.05, 0) is 40.3 Å². The molecule has 20 heavy (non-hydrogen) atoms. The van der Waals surface area contributed by atoms with Crippen molar-refractivity contribution in [3.8, 4) is 6.07 Å². The number of nitrogens with one attached hydrogen (secondary N) is 1. The van der Waals surface area contributed by atoms with Gasteiger partial charge in [-0.3, -0.25) is 14.5 Å². The van der Waals surface area contributed by atoms with Crippen molar-refractivity contribution >= 4 is 11.6 Å². The maximum Gasteiger partial charge on any atom is 0.196 e. The fourth-order valence-electron chi connectivity index (χ4n) is 2.35. The summed E-state index contributed by atoms with van der Waals surface area (Å²) in [5.74, 6) is -0.0978. The first-order valence-corrected chi connectivity index (χ1v) is 6.62. The van der Waals surface area contributed by atoms with E-state index in [1.54, 1.807) is 13.8 Å². The molecule has 0 radical (unpaired) electrons. The number of hydrogen-bond acceptors (Lipinski definition) is 4. The highest BCUT2D eigenvalue weighted by molar-refractivity contribution is 6.05. The Balaban J connectivity index is 3.01. The molecule has 108 valence electrons. The van der Waals surface area contributed by atoms with Crippen molar-refractivity contribution in [1.82, 2.24) is 9.88 Å². The monoisotopic (exact) mass is 275 g/mol. The van der Waals surface area contributed by atoms with E-state index in [4.69, 9.17) is 5.26 Å². The molecule has 0 amide bonds. The Labute approximate surface area is 119 Å². The van der Waals surface area contributed by atoms with Gasteiger partial charge in [0.2, 0.25) is 0 Å². The molecule has 0 saturated carbocycles. The average Bonchev–Trinajstić information content (AvgIpc) is 2.69. The van der Waals surface area contributed by atoms with Crippen LogP contribution in [-0.2, 0) is 0 Å². The van der Waals surface area contributed by atoms with Crippen LogP contribution in [0.3, 0.4) is 0 Å². The van der Waals surface area contributed by atoms with E-state index < -0.39 is 0 Å². The topological polar surface area (TPSA) is 77.0 Å². The first kappa shape index (κ1) is 16.1. The van der Waals surface area contributed by atoms with Gasteiger partial charge in [-0.1, -0.05) is 0 Å². The van der Waals surface area contributed by atoms with Crippen molar-refractivity contribution in [3.05, 3.63) is 22.5 Å². The smallest absolute Gasteiger partial charge is 0.196 e. The van der Waals surface area contributed by atoms with E-state index in [1.807, 2.05) is 18.9 Å². The molecule has 0 aromatic carbocycles. The quantitative estimate of drug-likeness (QED) is 0.808. The summed E-state index contributed by atoms with van der Waals surface area (Å²) in [6.45, 7) is 7.43. The SMILES string of the molecule is CC(=O)c1c(C)[nH]c(C(=O)C(C)N(C)CCC#N)c1C. The number of aryl methyl sites for hydroxylation is 1. The van der Waals surface area contributed by atoms with Crippen LogP contribution >= 0.6 is 0 Å². The van der Waals surface area contributed by atoms with Crippen LogP contribution in [0.2, 0.25) is 0 Å². The first-order chi connectivity index (χ1) is 9.31. The Morgan fingerprint density at radius 1 is 1.40 bits per heavy atom. The number of likely N-dealkylation sites (N-methyl/N-ethyl adjacent to an activating group) is 1. The number of nitrogens with zero attached hydrogens (tertiary/aromatic N) is 2. The van der Waals surface area contributed by atoms with Gasteiger partial charge in [0.15, 0.2) is 11.6 Å². The Morgan fingerprint density at radius 3 is 2.45 bits per heavy atom. The Hall–Kier alpha value is -1.93. The molecule has 1 aromatic heterocycles. The van der Waals surface area contributed by atoms with Crippen molar-refractivity contribution in [2.45, 2.75) is 40.2 Å². The number of H-pyrrole nitrogens is 1. The van der Waals surface area contributed by atoms with Gasteiger partial charge in [0, 0.05) is 24.2 Å². The van der Waals surface area contributed by atoms with E-state index >= 15 is 0 Å². The summed E-state index contributed by atoms with van der Waals surface area (Å²) in [5, 5.41) is 8.59. The minimum atomic E-state index is -0.333. The molecule has 1 atom stereocenters. The summed E-state index contributed by atoms with van der Waals surface area (Å²) in [6, 6.07) is 1.73. The highest BCUT2D eigenvalue weighted by atomic mass is 16.1. The standard InChI is InChI=1S/C15H21N3O2/c1-9-13(12(4)19)10(2)17-14(9)15(20)11(3)18(5)8-6-7-16/h11,17H,6,8H2,1-5H3. The van der Waals surface area contributed by atoms with E-state index in [0.29, 0.717) is 29.8 Å². The van der Waals surface area contributed by atoms with E-state index in [1.165, 1.54) is 6.92 Å². The number of carbonyl (C=O) groups is 2. The van der Waals surface area contributed by atoms with Gasteiger partial charge in [0.25, 0.3) is 0 Å². The molecule has 1 N–H and O–H groups in total. The van der Waals surface area contributed by atoms with Crippen molar-refractivity contribution < 1.29 is 9.59 Å². The van der Waals surface area contributed by atoms with Crippen LogP contribution in [0.15, 0.2) is 0 Å². The van der Waals surface area contributed by atoms with E-state index in [2.05, 4.69) is 11.1 Å². The van der Waals surface area contributed by atoms with Crippen molar-refractivity contribution in [1.29, 1.82) is 5.26 Å². The molecule has 1 aromatic rings. The minimum absolute atomic E-state index is 0.0409. The maximum absolute atomic E-state index is 12.5. The molecule has 0 aliphatic rings. The molecular formula is C15H21N3O2. The lowest BCUT2D eigenvalue weighted by molar-refractivity contribution is 0.0865. The predicted octanol–water partition coefficient (Wildman–Crippen LogP) is 2.25. The lowest BCUT2D eigenvalue weighted by Crippen LogP contribution is -2.37. The molecule has 1 rings (SSSR count). The van der Waals surface area contributed by atoms with Gasteiger partial charge in [-0.25, -0.2) is 0 Å². The van der Waals surface area contributed by atoms with Crippen LogP contribution in [0.5, 0.6) is 0 Å². The molecule has 0 fully saturated rings. The van der Waals surface area contributed by atoms with Gasteiger partial charge in [-0.2, -0.15) is 5.26 Å². The van der Waals surface area contributed by atoms with Crippen molar-refractivity contribution in [2.75, 3.05) is 13.6 Å². The van der Waals surface area contributed by atoms with Crippen LogP contribution in [0, 0.1) is 25.2 Å². The summed E-state index contributed by atoms with van der Waals surface area (Å²) >= 11 is 0. The second-order valence-corrected chi connectivity index (χ2v) is 5.11. The number of nitriles is 1. The molecule has 0 bridgehead atoms. The third-order valence-electron chi connectivity index (χ3n) is 3.65. The fraction of sp³-hybridized carbons (Fsp3) is 0.533. The number of rotatable bonds is 6. The van der Waals surface area contributed by atoms with Gasteiger partial charge in [0.1, 0.15) is 0 Å². The third-order valence-corrected chi connectivity index (χ3v) is 3.65. The van der Waals surface area contributed by atoms with Crippen LogP contribution < -0.4 is 0 Å². The minimum Gasteiger partial charge on any atom is -0.355 e. The van der Waals surface area contributed by atoms with Crippen molar-refractivity contribution in [3.63, 3.8) is 0 Å². The number of ketones is 2. The zero-order valence-corrected chi connectivity index (χ0v) is 12.7. The second kappa shape index (κ2) is 6.49. The van der Waals surface area contributed by atoms with Crippen LogP contribution in [-0.4, -0.2) is 41.1 Å². The molecule has 5 heteroatoms. The first-order valence-electron chi connectivity index (χ1n) is 6.62. The number of aromatic nitrogens is 1. The van der Waals surface area contributed by atoms with E-state index in [9.17, 15) is 9.59 Å². The normalized spacial score (nSPS) is 12.2. The molecule has 0 aliphatic carbocycles. The molecule has 1 heterocycles. The maximum atomic E-state index is 12.5. The highest BCUT2D eigenvalue weighted by Gasteiger charge is 2.25. The second-order valence-electron chi connectivity index (χ2n) is 5.11. The van der Waals surface area contributed by atoms with Gasteiger partial charge in [0.05, 0.1) is 17.8 Å². The summed E-state index contributed by atoms with van der Waals surface area (Å²) < 4.78 is 0. The summed E-state index contributed by atoms with van der Waals surface area (Å²) in [6.07, 6.45) is 0.384. The fourth-order valence-corrected chi connectivity index (χ4v) is 2.35. The van der Waals surface area contributed by atoms with Crippen LogP contribution in [0.25, 0.3) is 0 Å². The Bertz CT molecular complexity index is 566. The summed E-state index contributed by atoms with van der Waals surface area (Å²) in [5.41, 5.74) is 2.52. The summed E-state index contributed by atoms with van der Waals surface area (Å²) in [7, 11) is 1.82.